The van der Waals surface area contributed by atoms with Gasteiger partial charge in [-0.1, -0.05) is 30.3 Å². The van der Waals surface area contributed by atoms with E-state index < -0.39 is 22.5 Å². The molecule has 2 rings (SSSR count). The van der Waals surface area contributed by atoms with Gasteiger partial charge in [0.05, 0.1) is 18.5 Å². The number of carbonyl (C=O) groups is 2. The lowest BCUT2D eigenvalue weighted by molar-refractivity contribution is -0.383. The average Bonchev–Trinajstić information content (AvgIpc) is 2.75. The van der Waals surface area contributed by atoms with Gasteiger partial charge in [-0.25, -0.2) is 9.97 Å². The molecule has 0 N–H and O–H groups in total. The lowest BCUT2D eigenvalue weighted by Gasteiger charge is -2.26. The second kappa shape index (κ2) is 11.2. The molecule has 0 radical (unpaired) electrons. The third-order valence-electron chi connectivity index (χ3n) is 4.44. The summed E-state index contributed by atoms with van der Waals surface area (Å²) in [6.45, 7) is 5.37. The summed E-state index contributed by atoms with van der Waals surface area (Å²) < 4.78 is 10.0. The van der Waals surface area contributed by atoms with E-state index in [9.17, 15) is 19.7 Å². The summed E-state index contributed by atoms with van der Waals surface area (Å²) in [7, 11) is 2.79. The summed E-state index contributed by atoms with van der Waals surface area (Å²) in [5.74, 6) is -1.00. The highest BCUT2D eigenvalue weighted by atomic mass is 16.6. The molecule has 0 unspecified atom stereocenters. The van der Waals surface area contributed by atoms with Crippen molar-refractivity contribution in [3.63, 3.8) is 0 Å². The number of benzene rings is 1. The van der Waals surface area contributed by atoms with Crippen LogP contribution in [0, 0.1) is 10.1 Å². The SMILES string of the molecule is COC(=O)CCN(Cc1ccccc1)c1ncnc(N(C)CC(=O)OC(C)(C)C)c1[N+](=O)[O-]. The molecule has 11 nitrogen and oxygen atoms in total. The van der Waals surface area contributed by atoms with Gasteiger partial charge in [0.2, 0.25) is 11.6 Å². The zero-order chi connectivity index (χ0) is 24.6. The van der Waals surface area contributed by atoms with Gasteiger partial charge >= 0.3 is 17.6 Å². The maximum absolute atomic E-state index is 12.3. The first-order valence-electron chi connectivity index (χ1n) is 10.3. The van der Waals surface area contributed by atoms with Crippen molar-refractivity contribution in [1.29, 1.82) is 0 Å². The van der Waals surface area contributed by atoms with Gasteiger partial charge in [-0.2, -0.15) is 0 Å². The van der Waals surface area contributed by atoms with Crippen molar-refractivity contribution in [2.24, 2.45) is 0 Å². The van der Waals surface area contributed by atoms with Crippen LogP contribution in [0.2, 0.25) is 0 Å². The molecule has 1 heterocycles. The summed E-state index contributed by atoms with van der Waals surface area (Å²) in [5.41, 5.74) is -0.190. The number of hydrogen-bond donors (Lipinski definition) is 0. The normalized spacial score (nSPS) is 10.9. The molecule has 0 amide bonds. The molecule has 0 bridgehead atoms. The largest absolute Gasteiger partial charge is 0.469 e. The van der Waals surface area contributed by atoms with Gasteiger partial charge < -0.3 is 19.3 Å². The second-order valence-corrected chi connectivity index (χ2v) is 8.30. The van der Waals surface area contributed by atoms with Crippen molar-refractivity contribution >= 4 is 29.3 Å². The summed E-state index contributed by atoms with van der Waals surface area (Å²) >= 11 is 0. The molecular formula is C22H29N5O6. The van der Waals surface area contributed by atoms with Crippen LogP contribution in [0.1, 0.15) is 32.8 Å². The van der Waals surface area contributed by atoms with Crippen LogP contribution < -0.4 is 9.80 Å². The molecule has 0 fully saturated rings. The maximum atomic E-state index is 12.3. The summed E-state index contributed by atoms with van der Waals surface area (Å²) in [6.07, 6.45) is 1.20. The van der Waals surface area contributed by atoms with Crippen LogP contribution in [-0.2, 0) is 25.6 Å². The Balaban J connectivity index is 2.42. The van der Waals surface area contributed by atoms with Gasteiger partial charge in [0.1, 0.15) is 18.5 Å². The van der Waals surface area contributed by atoms with Crippen LogP contribution in [-0.4, -0.2) is 59.7 Å². The number of ether oxygens (including phenoxy) is 2. The molecule has 0 aliphatic rings. The fourth-order valence-electron chi connectivity index (χ4n) is 3.07. The van der Waals surface area contributed by atoms with Crippen LogP contribution in [0.3, 0.4) is 0 Å². The maximum Gasteiger partial charge on any atom is 0.353 e. The van der Waals surface area contributed by atoms with Gasteiger partial charge in [-0.3, -0.25) is 19.7 Å². The number of hydrogen-bond acceptors (Lipinski definition) is 10. The molecule has 178 valence electrons. The molecule has 1 aromatic carbocycles. The average molecular weight is 460 g/mol. The zero-order valence-corrected chi connectivity index (χ0v) is 19.5. The van der Waals surface area contributed by atoms with Crippen molar-refractivity contribution in [3.8, 4) is 0 Å². The Labute approximate surface area is 192 Å². The van der Waals surface area contributed by atoms with Crippen molar-refractivity contribution in [1.82, 2.24) is 9.97 Å². The minimum Gasteiger partial charge on any atom is -0.469 e. The van der Waals surface area contributed by atoms with Gasteiger partial charge in [0.15, 0.2) is 0 Å². The first kappa shape index (κ1) is 25.5. The van der Waals surface area contributed by atoms with E-state index in [-0.39, 0.29) is 43.4 Å². The summed E-state index contributed by atoms with van der Waals surface area (Å²) in [6, 6.07) is 9.30. The van der Waals surface area contributed by atoms with Crippen LogP contribution in [0.25, 0.3) is 0 Å². The van der Waals surface area contributed by atoms with Gasteiger partial charge in [0.25, 0.3) is 0 Å². The van der Waals surface area contributed by atoms with E-state index in [0.29, 0.717) is 0 Å². The number of nitro groups is 1. The topological polar surface area (TPSA) is 128 Å². The lowest BCUT2D eigenvalue weighted by atomic mass is 10.2. The van der Waals surface area contributed by atoms with Crippen LogP contribution in [0.4, 0.5) is 17.3 Å². The zero-order valence-electron chi connectivity index (χ0n) is 19.5. The molecular weight excluding hydrogens is 430 g/mol. The van der Waals surface area contributed by atoms with Gasteiger partial charge in [-0.15, -0.1) is 0 Å². The summed E-state index contributed by atoms with van der Waals surface area (Å²) in [4.78, 5) is 46.7. The van der Waals surface area contributed by atoms with Crippen LogP contribution >= 0.6 is 0 Å². The molecule has 0 saturated carbocycles. The van der Waals surface area contributed by atoms with E-state index >= 15 is 0 Å². The van der Waals surface area contributed by atoms with Crippen molar-refractivity contribution in [2.75, 3.05) is 37.0 Å². The molecule has 0 aliphatic carbocycles. The lowest BCUT2D eigenvalue weighted by Crippen LogP contribution is -2.34. The van der Waals surface area contributed by atoms with E-state index in [0.717, 1.165) is 5.56 Å². The molecule has 1 aromatic heterocycles. The Morgan fingerprint density at radius 1 is 1.09 bits per heavy atom. The second-order valence-electron chi connectivity index (χ2n) is 8.30. The van der Waals surface area contributed by atoms with E-state index in [1.165, 1.54) is 25.4 Å². The third-order valence-corrected chi connectivity index (χ3v) is 4.44. The number of anilines is 2. The first-order chi connectivity index (χ1) is 15.5. The van der Waals surface area contributed by atoms with Crippen molar-refractivity contribution in [3.05, 3.63) is 52.3 Å². The highest BCUT2D eigenvalue weighted by Crippen LogP contribution is 2.34. The van der Waals surface area contributed by atoms with Crippen molar-refractivity contribution < 1.29 is 24.0 Å². The number of esters is 2. The van der Waals surface area contributed by atoms with Crippen LogP contribution in [0.15, 0.2) is 36.7 Å². The molecule has 33 heavy (non-hydrogen) atoms. The minimum absolute atomic E-state index is 0.00751. The molecule has 2 aromatic rings. The van der Waals surface area contributed by atoms with E-state index in [1.807, 2.05) is 30.3 Å². The smallest absolute Gasteiger partial charge is 0.353 e. The number of nitrogens with zero attached hydrogens (tertiary/aromatic N) is 5. The van der Waals surface area contributed by atoms with E-state index in [2.05, 4.69) is 9.97 Å². The Morgan fingerprint density at radius 3 is 2.30 bits per heavy atom. The standard InChI is InChI=1S/C22H29N5O6/c1-22(2,3)33-18(29)14-25(4)20-19(27(30)31)21(24-15-23-20)26(12-11-17(28)32-5)13-16-9-7-6-8-10-16/h6-10,15H,11-14H2,1-5H3. The molecule has 0 atom stereocenters. The molecule has 0 spiro atoms. The highest BCUT2D eigenvalue weighted by Gasteiger charge is 2.30. The monoisotopic (exact) mass is 459 g/mol. The number of rotatable bonds is 10. The Morgan fingerprint density at radius 2 is 1.73 bits per heavy atom. The molecule has 0 saturated heterocycles. The summed E-state index contributed by atoms with van der Waals surface area (Å²) in [5, 5.41) is 12.1. The van der Waals surface area contributed by atoms with E-state index in [1.54, 1.807) is 25.7 Å². The Kier molecular flexibility index (Phi) is 8.66. The van der Waals surface area contributed by atoms with Crippen LogP contribution in [0.5, 0.6) is 0 Å². The van der Waals surface area contributed by atoms with E-state index in [4.69, 9.17) is 9.47 Å². The number of likely N-dealkylation sites (N-methyl/N-ethyl adjacent to an activating group) is 1. The van der Waals surface area contributed by atoms with Crippen molar-refractivity contribution in [2.45, 2.75) is 39.3 Å². The van der Waals surface area contributed by atoms with Gasteiger partial charge in [0, 0.05) is 20.1 Å². The number of methoxy groups -OCH3 is 1. The molecule has 0 aliphatic heterocycles. The highest BCUT2D eigenvalue weighted by molar-refractivity contribution is 5.79. The fourth-order valence-corrected chi connectivity index (χ4v) is 3.07. The Bertz CT molecular complexity index is 977. The quantitative estimate of drug-likeness (QED) is 0.297. The molecule has 11 heteroatoms. The minimum atomic E-state index is -0.693. The Hall–Kier alpha value is -3.76. The third kappa shape index (κ3) is 7.70. The van der Waals surface area contributed by atoms with Gasteiger partial charge in [-0.05, 0) is 26.3 Å². The predicted molar refractivity (Wildman–Crippen MR) is 122 cm³/mol. The predicted octanol–water partition coefficient (Wildman–Crippen LogP) is 2.73. The fraction of sp³-hybridized carbons (Fsp3) is 0.455. The number of carbonyl (C=O) groups excluding carboxylic acids is 2. The number of aromatic nitrogens is 2. The first-order valence-corrected chi connectivity index (χ1v) is 10.3.